The molecule has 0 heterocycles. The molecule has 0 amide bonds. The first-order valence-electron chi connectivity index (χ1n) is 0. The maximum absolute atomic E-state index is 0. The quantitative estimate of drug-likeness (QED) is 0.294. The minimum atomic E-state index is 0. The third kappa shape index (κ3) is 95.6. The summed E-state index contributed by atoms with van der Waals surface area (Å²) in [5, 5.41) is 0. The predicted octanol–water partition coefficient (Wildman–Crippen LogP) is -5.69. The van der Waals surface area contributed by atoms with Gasteiger partial charge in [0, 0.05) is 0 Å². The van der Waals surface area contributed by atoms with E-state index < -0.39 is 0 Å². The van der Waals surface area contributed by atoms with Crippen LogP contribution < -0.4 is 0 Å². The van der Waals surface area contributed by atoms with Crippen molar-refractivity contribution in [3.63, 3.8) is 0 Å². The molecule has 0 aromatic carbocycles. The Labute approximate surface area is 79.5 Å². The van der Waals surface area contributed by atoms with Crippen LogP contribution in [0.2, 0.25) is 0 Å². The van der Waals surface area contributed by atoms with Gasteiger partial charge >= 0.3 is 52.6 Å². The summed E-state index contributed by atoms with van der Waals surface area (Å²) in [6.45, 7) is 0. The Morgan fingerprint density at radius 3 is 0.429 bits per heavy atom. The summed E-state index contributed by atoms with van der Waals surface area (Å²) in [5.41, 5.74) is 0. The molecule has 0 fully saturated rings. The van der Waals surface area contributed by atoms with Gasteiger partial charge in [0.2, 0.25) is 0 Å². The van der Waals surface area contributed by atoms with E-state index in [1.165, 1.54) is 0 Å². The Balaban J connectivity index is 0. The van der Waals surface area contributed by atoms with Gasteiger partial charge < -0.3 is 27.4 Å². The molecule has 0 saturated carbocycles. The molecule has 0 unspecified atom stereocenters. The van der Waals surface area contributed by atoms with Crippen LogP contribution in [0.5, 0.6) is 0 Å². The average Bonchev–Trinajstić information content (AvgIpc) is 0. The van der Waals surface area contributed by atoms with Gasteiger partial charge in [-0.1, -0.05) is 0 Å². The summed E-state index contributed by atoms with van der Waals surface area (Å²) >= 11 is 0. The first-order chi connectivity index (χ1) is 0. The van der Waals surface area contributed by atoms with E-state index in [1.54, 1.807) is 0 Å². The van der Waals surface area contributed by atoms with Crippen molar-refractivity contribution in [1.82, 2.24) is 0 Å². The van der Waals surface area contributed by atoms with Gasteiger partial charge in [-0.2, -0.15) is 0 Å². The Morgan fingerprint density at radius 1 is 0.429 bits per heavy atom. The average molecular weight is 140 g/mol. The molecular formula is H13MgNaO5. The number of rotatable bonds is 0. The summed E-state index contributed by atoms with van der Waals surface area (Å²) in [7, 11) is 0. The summed E-state index contributed by atoms with van der Waals surface area (Å²) in [4.78, 5) is 0. The Hall–Kier alpha value is 1.57. The molecule has 0 saturated heterocycles. The first kappa shape index (κ1) is 200. The van der Waals surface area contributed by atoms with Crippen LogP contribution in [-0.4, -0.2) is 80.0 Å². The van der Waals surface area contributed by atoms with Crippen molar-refractivity contribution in [1.29, 1.82) is 0 Å². The van der Waals surface area contributed by atoms with E-state index in [-0.39, 0.29) is 80.0 Å². The molecule has 7 heteroatoms. The summed E-state index contributed by atoms with van der Waals surface area (Å²) in [6, 6.07) is 0. The van der Waals surface area contributed by atoms with Gasteiger partial charge in [-0.25, -0.2) is 0 Å². The molecular weight excluding hydrogens is 127 g/mol. The fourth-order valence-corrected chi connectivity index (χ4v) is 0. The summed E-state index contributed by atoms with van der Waals surface area (Å²) < 4.78 is 0. The van der Waals surface area contributed by atoms with E-state index in [0.717, 1.165) is 0 Å². The minimum absolute atomic E-state index is 0. The molecule has 46 valence electrons. The Kier molecular flexibility index (Phi) is 3800. The molecule has 0 aromatic heterocycles. The van der Waals surface area contributed by atoms with Crippen LogP contribution in [0.15, 0.2) is 0 Å². The van der Waals surface area contributed by atoms with Gasteiger partial charge in [0.05, 0.1) is 0 Å². The van der Waals surface area contributed by atoms with Crippen molar-refractivity contribution in [3.05, 3.63) is 0 Å². The zero-order valence-corrected chi connectivity index (χ0v) is 2.50. The third-order valence-corrected chi connectivity index (χ3v) is 0. The van der Waals surface area contributed by atoms with Gasteiger partial charge in [-0.3, -0.25) is 0 Å². The van der Waals surface area contributed by atoms with Crippen LogP contribution in [0.25, 0.3) is 0 Å². The predicted molar refractivity (Wildman–Crippen MR) is 33.8 cm³/mol. The summed E-state index contributed by atoms with van der Waals surface area (Å²) in [6.07, 6.45) is 0. The second-order valence-corrected chi connectivity index (χ2v) is 0. The zero-order valence-electron chi connectivity index (χ0n) is 2.50. The molecule has 0 atom stereocenters. The van der Waals surface area contributed by atoms with Crippen molar-refractivity contribution in [2.45, 2.75) is 0 Å². The normalized spacial score (nSPS) is 0. The van der Waals surface area contributed by atoms with Crippen LogP contribution in [-0.2, 0) is 0 Å². The molecule has 0 rings (SSSR count). The van der Waals surface area contributed by atoms with Crippen molar-refractivity contribution < 1.29 is 27.4 Å². The fourth-order valence-electron chi connectivity index (χ4n) is 0. The molecule has 7 heavy (non-hydrogen) atoms. The van der Waals surface area contributed by atoms with E-state index >= 15 is 0 Å². The number of hydrogen-bond acceptors (Lipinski definition) is 0. The maximum atomic E-state index is 0. The van der Waals surface area contributed by atoms with E-state index in [1.807, 2.05) is 0 Å². The molecule has 0 spiro atoms. The molecule has 10 N–H and O–H groups in total. The van der Waals surface area contributed by atoms with E-state index in [2.05, 4.69) is 0 Å². The van der Waals surface area contributed by atoms with E-state index in [4.69, 9.17) is 0 Å². The zero-order chi connectivity index (χ0) is 0. The van der Waals surface area contributed by atoms with Crippen LogP contribution in [0.3, 0.4) is 0 Å². The van der Waals surface area contributed by atoms with Gasteiger partial charge in [0.1, 0.15) is 0 Å². The van der Waals surface area contributed by atoms with Crippen LogP contribution >= 0.6 is 0 Å². The van der Waals surface area contributed by atoms with Crippen molar-refractivity contribution in [2.24, 2.45) is 0 Å². The van der Waals surface area contributed by atoms with Crippen molar-refractivity contribution in [3.8, 4) is 0 Å². The molecule has 5 nitrogen and oxygen atoms in total. The fraction of sp³-hybridized carbons (Fsp3) is 0. The molecule has 0 radical (unpaired) electrons. The van der Waals surface area contributed by atoms with Crippen LogP contribution in [0.1, 0.15) is 0 Å². The van der Waals surface area contributed by atoms with Crippen molar-refractivity contribution in [2.75, 3.05) is 0 Å². The van der Waals surface area contributed by atoms with Gasteiger partial charge in [-0.05, 0) is 0 Å². The van der Waals surface area contributed by atoms with Crippen molar-refractivity contribution >= 4 is 52.6 Å². The van der Waals surface area contributed by atoms with Crippen LogP contribution in [0.4, 0.5) is 0 Å². The standard InChI is InChI=1S/Mg.Na.5H2O.3H/h;;5*1H2;;;. The van der Waals surface area contributed by atoms with Crippen LogP contribution in [0, 0.1) is 0 Å². The van der Waals surface area contributed by atoms with E-state index in [0.29, 0.717) is 0 Å². The third-order valence-electron chi connectivity index (χ3n) is 0. The van der Waals surface area contributed by atoms with Gasteiger partial charge in [-0.15, -0.1) is 0 Å². The monoisotopic (exact) mass is 140 g/mol. The molecule has 0 aliphatic heterocycles. The second-order valence-electron chi connectivity index (χ2n) is 0. The molecule has 0 aromatic rings. The molecule has 0 aliphatic rings. The Morgan fingerprint density at radius 2 is 0.429 bits per heavy atom. The van der Waals surface area contributed by atoms with Gasteiger partial charge in [0.15, 0.2) is 0 Å². The van der Waals surface area contributed by atoms with E-state index in [9.17, 15) is 0 Å². The SMILES string of the molecule is O.O.O.O.O.[MgH2].[NaH]. The number of hydrogen-bond donors (Lipinski definition) is 0. The second kappa shape index (κ2) is 133. The topological polar surface area (TPSA) is 158 Å². The summed E-state index contributed by atoms with van der Waals surface area (Å²) in [5.74, 6) is 0. The molecule has 0 aliphatic carbocycles. The van der Waals surface area contributed by atoms with Gasteiger partial charge in [0.25, 0.3) is 0 Å². The Bertz CT molecular complexity index is 8.04. The first-order valence-corrected chi connectivity index (χ1v) is 0. The molecule has 0 bridgehead atoms.